The molecule has 0 spiro atoms. The number of Topliss-reactive ketones (excluding diaryl/α,β-unsaturated/α-hetero) is 1. The first-order valence-corrected chi connectivity index (χ1v) is 7.49. The maximum absolute atomic E-state index is 11.5. The number of anilines is 1. The minimum atomic E-state index is 0.126. The molecule has 1 saturated carbocycles. The van der Waals surface area contributed by atoms with Crippen LogP contribution in [0.15, 0.2) is 18.3 Å². The summed E-state index contributed by atoms with van der Waals surface area (Å²) in [6, 6.07) is 4.44. The Hall–Kier alpha value is -1.38. The maximum Gasteiger partial charge on any atom is 0.159 e. The Morgan fingerprint density at radius 1 is 1.26 bits per heavy atom. The van der Waals surface area contributed by atoms with Crippen LogP contribution < -0.4 is 4.90 Å². The van der Waals surface area contributed by atoms with Crippen molar-refractivity contribution in [2.45, 2.75) is 51.5 Å². The molecule has 1 aliphatic heterocycles. The highest BCUT2D eigenvalue weighted by atomic mass is 16.1. The van der Waals surface area contributed by atoms with Crippen LogP contribution in [0, 0.1) is 5.92 Å². The molecular formula is C16H22N2O. The zero-order valence-electron chi connectivity index (χ0n) is 11.6. The lowest BCUT2D eigenvalue weighted by Gasteiger charge is -2.44. The van der Waals surface area contributed by atoms with Gasteiger partial charge < -0.3 is 4.90 Å². The number of hydrogen-bond donors (Lipinski definition) is 0. The lowest BCUT2D eigenvalue weighted by Crippen LogP contribution is -2.47. The fourth-order valence-electron chi connectivity index (χ4n) is 3.70. The van der Waals surface area contributed by atoms with Crippen LogP contribution in [0.3, 0.4) is 0 Å². The molecule has 3 heteroatoms. The minimum absolute atomic E-state index is 0.126. The molecule has 19 heavy (non-hydrogen) atoms. The molecule has 0 unspecified atom stereocenters. The van der Waals surface area contributed by atoms with Crippen LogP contribution in [-0.2, 0) is 0 Å². The van der Waals surface area contributed by atoms with Crippen LogP contribution in [0.2, 0.25) is 0 Å². The van der Waals surface area contributed by atoms with Gasteiger partial charge in [0.1, 0.15) is 5.82 Å². The molecule has 0 bridgehead atoms. The summed E-state index contributed by atoms with van der Waals surface area (Å²) in [5.74, 6) is 1.97. The Bertz CT molecular complexity index is 470. The summed E-state index contributed by atoms with van der Waals surface area (Å²) in [7, 11) is 0. The molecule has 2 fully saturated rings. The van der Waals surface area contributed by atoms with Crippen LogP contribution in [0.5, 0.6) is 0 Å². The predicted octanol–water partition coefficient (Wildman–Crippen LogP) is 3.44. The highest BCUT2D eigenvalue weighted by Gasteiger charge is 2.33. The Kier molecular flexibility index (Phi) is 3.54. The SMILES string of the molecule is CC(=O)c1ccnc(N2CCC[C@H]3CCCC[C@H]32)c1. The van der Waals surface area contributed by atoms with Crippen molar-refractivity contribution in [2.24, 2.45) is 5.92 Å². The number of carbonyl (C=O) groups excluding carboxylic acids is 1. The van der Waals surface area contributed by atoms with E-state index in [-0.39, 0.29) is 5.78 Å². The van der Waals surface area contributed by atoms with E-state index >= 15 is 0 Å². The van der Waals surface area contributed by atoms with Gasteiger partial charge in [0.25, 0.3) is 0 Å². The number of fused-ring (bicyclic) bond motifs is 1. The van der Waals surface area contributed by atoms with Gasteiger partial charge in [-0.05, 0) is 50.7 Å². The summed E-state index contributed by atoms with van der Waals surface area (Å²) in [5, 5.41) is 0. The molecule has 3 nitrogen and oxygen atoms in total. The van der Waals surface area contributed by atoms with E-state index in [0.29, 0.717) is 6.04 Å². The highest BCUT2D eigenvalue weighted by Crippen LogP contribution is 2.37. The molecule has 1 saturated heterocycles. The minimum Gasteiger partial charge on any atom is -0.353 e. The third kappa shape index (κ3) is 2.51. The molecule has 1 aromatic heterocycles. The lowest BCUT2D eigenvalue weighted by atomic mass is 9.78. The van der Waals surface area contributed by atoms with Gasteiger partial charge >= 0.3 is 0 Å². The fraction of sp³-hybridized carbons (Fsp3) is 0.625. The van der Waals surface area contributed by atoms with Crippen LogP contribution in [-0.4, -0.2) is 23.4 Å². The standard InChI is InChI=1S/C16H22N2O/c1-12(19)14-8-9-17-16(11-14)18-10-4-6-13-5-2-3-7-15(13)18/h8-9,11,13,15H,2-7,10H2,1H3/t13-,15-/m1/s1. The van der Waals surface area contributed by atoms with E-state index in [1.54, 1.807) is 13.1 Å². The Balaban J connectivity index is 1.87. The van der Waals surface area contributed by atoms with Gasteiger partial charge in [-0.15, -0.1) is 0 Å². The second-order valence-electron chi connectivity index (χ2n) is 5.91. The van der Waals surface area contributed by atoms with Gasteiger partial charge in [-0.25, -0.2) is 4.98 Å². The molecule has 2 atom stereocenters. The Morgan fingerprint density at radius 3 is 2.89 bits per heavy atom. The summed E-state index contributed by atoms with van der Waals surface area (Å²) >= 11 is 0. The molecule has 0 aromatic carbocycles. The molecule has 2 heterocycles. The number of nitrogens with zero attached hydrogens (tertiary/aromatic N) is 2. The molecule has 1 aliphatic carbocycles. The third-order valence-corrected chi connectivity index (χ3v) is 4.69. The van der Waals surface area contributed by atoms with E-state index in [1.807, 2.05) is 12.1 Å². The zero-order valence-corrected chi connectivity index (χ0v) is 11.6. The molecule has 3 rings (SSSR count). The number of rotatable bonds is 2. The van der Waals surface area contributed by atoms with Crippen molar-refractivity contribution in [3.63, 3.8) is 0 Å². The number of pyridine rings is 1. The van der Waals surface area contributed by atoms with Crippen molar-refractivity contribution >= 4 is 11.6 Å². The summed E-state index contributed by atoms with van der Waals surface area (Å²) in [4.78, 5) is 18.5. The second-order valence-corrected chi connectivity index (χ2v) is 5.91. The van der Waals surface area contributed by atoms with E-state index in [1.165, 1.54) is 38.5 Å². The van der Waals surface area contributed by atoms with Gasteiger partial charge in [0, 0.05) is 24.3 Å². The average Bonchev–Trinajstić information content (AvgIpc) is 2.47. The van der Waals surface area contributed by atoms with Crippen molar-refractivity contribution in [2.75, 3.05) is 11.4 Å². The molecule has 2 aliphatic rings. The highest BCUT2D eigenvalue weighted by molar-refractivity contribution is 5.94. The molecular weight excluding hydrogens is 236 g/mol. The first kappa shape index (κ1) is 12.6. The molecule has 1 aromatic rings. The van der Waals surface area contributed by atoms with Gasteiger partial charge in [0.05, 0.1) is 0 Å². The number of piperidine rings is 1. The van der Waals surface area contributed by atoms with Crippen molar-refractivity contribution in [1.82, 2.24) is 4.98 Å². The smallest absolute Gasteiger partial charge is 0.159 e. The van der Waals surface area contributed by atoms with E-state index in [4.69, 9.17) is 0 Å². The van der Waals surface area contributed by atoms with Gasteiger partial charge in [-0.1, -0.05) is 12.8 Å². The number of carbonyl (C=O) groups is 1. The van der Waals surface area contributed by atoms with Gasteiger partial charge in [0.2, 0.25) is 0 Å². The first-order valence-electron chi connectivity index (χ1n) is 7.49. The molecule has 0 N–H and O–H groups in total. The van der Waals surface area contributed by atoms with E-state index in [9.17, 15) is 4.79 Å². The van der Waals surface area contributed by atoms with Crippen molar-refractivity contribution < 1.29 is 4.79 Å². The molecule has 0 amide bonds. The van der Waals surface area contributed by atoms with Gasteiger partial charge in [-0.3, -0.25) is 4.79 Å². The quantitative estimate of drug-likeness (QED) is 0.762. The average molecular weight is 258 g/mol. The topological polar surface area (TPSA) is 33.2 Å². The van der Waals surface area contributed by atoms with Crippen molar-refractivity contribution in [1.29, 1.82) is 0 Å². The maximum atomic E-state index is 11.5. The number of aromatic nitrogens is 1. The Labute approximate surface area is 115 Å². The van der Waals surface area contributed by atoms with Crippen molar-refractivity contribution in [3.05, 3.63) is 23.9 Å². The second kappa shape index (κ2) is 5.32. The van der Waals surface area contributed by atoms with Gasteiger partial charge in [-0.2, -0.15) is 0 Å². The molecule has 0 radical (unpaired) electrons. The normalized spacial score (nSPS) is 26.9. The first-order chi connectivity index (χ1) is 9.25. The summed E-state index contributed by atoms with van der Waals surface area (Å²) in [5.41, 5.74) is 0.780. The van der Waals surface area contributed by atoms with Gasteiger partial charge in [0.15, 0.2) is 5.78 Å². The largest absolute Gasteiger partial charge is 0.353 e. The number of ketones is 1. The van der Waals surface area contributed by atoms with Crippen molar-refractivity contribution in [3.8, 4) is 0 Å². The monoisotopic (exact) mass is 258 g/mol. The van der Waals surface area contributed by atoms with E-state index in [2.05, 4.69) is 9.88 Å². The van der Waals surface area contributed by atoms with Crippen LogP contribution in [0.25, 0.3) is 0 Å². The summed E-state index contributed by atoms with van der Waals surface area (Å²) in [6.45, 7) is 2.72. The van der Waals surface area contributed by atoms with E-state index < -0.39 is 0 Å². The number of hydrogen-bond acceptors (Lipinski definition) is 3. The van der Waals surface area contributed by atoms with Crippen LogP contribution in [0.1, 0.15) is 55.8 Å². The van der Waals surface area contributed by atoms with E-state index in [0.717, 1.165) is 23.8 Å². The summed E-state index contributed by atoms with van der Waals surface area (Å²) < 4.78 is 0. The van der Waals surface area contributed by atoms with Crippen LogP contribution in [0.4, 0.5) is 5.82 Å². The fourth-order valence-corrected chi connectivity index (χ4v) is 3.70. The predicted molar refractivity (Wildman–Crippen MR) is 76.6 cm³/mol. The third-order valence-electron chi connectivity index (χ3n) is 4.69. The van der Waals surface area contributed by atoms with Crippen LogP contribution >= 0.6 is 0 Å². The summed E-state index contributed by atoms with van der Waals surface area (Å²) in [6.07, 6.45) is 9.78. The zero-order chi connectivity index (χ0) is 13.2. The molecule has 102 valence electrons. The lowest BCUT2D eigenvalue weighted by molar-refractivity contribution is 0.101. The Morgan fingerprint density at radius 2 is 2.05 bits per heavy atom.